The van der Waals surface area contributed by atoms with Gasteiger partial charge >= 0.3 is 0 Å². The van der Waals surface area contributed by atoms with Crippen molar-refractivity contribution in [2.45, 2.75) is 62.8 Å². The zero-order valence-corrected chi connectivity index (χ0v) is 14.3. The first-order valence-electron chi connectivity index (χ1n) is 7.46. The smallest absolute Gasteiger partial charge is 0.191 e. The first-order chi connectivity index (χ1) is 10.2. The maximum atomic E-state index is 5.82. The van der Waals surface area contributed by atoms with E-state index < -0.39 is 0 Å². The van der Waals surface area contributed by atoms with Crippen molar-refractivity contribution >= 4 is 23.1 Å². The molecule has 0 amide bonds. The molecule has 3 heterocycles. The minimum absolute atomic E-state index is 0.334. The van der Waals surface area contributed by atoms with Crippen LogP contribution in [0.2, 0.25) is 0 Å². The number of ether oxygens (including phenoxy) is 1. The average Bonchev–Trinajstić information content (AvgIpc) is 3.05. The Morgan fingerprint density at radius 3 is 2.71 bits per heavy atom. The van der Waals surface area contributed by atoms with Gasteiger partial charge in [0.1, 0.15) is 0 Å². The fourth-order valence-corrected chi connectivity index (χ4v) is 5.02. The molecule has 1 saturated heterocycles. The van der Waals surface area contributed by atoms with Crippen LogP contribution in [0, 0.1) is 0 Å². The van der Waals surface area contributed by atoms with Crippen molar-refractivity contribution in [3.63, 3.8) is 0 Å². The third kappa shape index (κ3) is 3.33. The summed E-state index contributed by atoms with van der Waals surface area (Å²) in [6.45, 7) is 7.37. The Morgan fingerprint density at radius 2 is 2.10 bits per heavy atom. The number of hydrogen-bond acceptors (Lipinski definition) is 5. The molecule has 1 fully saturated rings. The highest BCUT2D eigenvalue weighted by molar-refractivity contribution is 7.99. The second-order valence-electron chi connectivity index (χ2n) is 5.50. The fourth-order valence-electron chi connectivity index (χ4n) is 2.84. The first kappa shape index (κ1) is 15.1. The summed E-state index contributed by atoms with van der Waals surface area (Å²) in [5, 5.41) is 12.5. The predicted octanol–water partition coefficient (Wildman–Crippen LogP) is 4.07. The summed E-state index contributed by atoms with van der Waals surface area (Å²) in [6.07, 6.45) is 2.84. The van der Waals surface area contributed by atoms with Crippen molar-refractivity contribution < 1.29 is 4.74 Å². The van der Waals surface area contributed by atoms with Crippen LogP contribution in [0.3, 0.4) is 0 Å². The van der Waals surface area contributed by atoms with Crippen molar-refractivity contribution in [3.8, 4) is 10.7 Å². The SMILES string of the molecule is CCn1c(SC2C[C@@H](C)O[C@@H](C)C2)nnc1-c1cccs1. The molecule has 0 spiro atoms. The number of thiophene rings is 1. The summed E-state index contributed by atoms with van der Waals surface area (Å²) in [4.78, 5) is 1.19. The average molecular weight is 323 g/mol. The normalized spacial score (nSPS) is 26.1. The third-order valence-corrected chi connectivity index (χ3v) is 5.80. The molecule has 0 bridgehead atoms. The van der Waals surface area contributed by atoms with Crippen molar-refractivity contribution in [2.24, 2.45) is 0 Å². The Morgan fingerprint density at radius 1 is 1.33 bits per heavy atom. The van der Waals surface area contributed by atoms with Gasteiger partial charge in [-0.15, -0.1) is 21.5 Å². The zero-order valence-electron chi connectivity index (χ0n) is 12.7. The molecule has 0 aromatic carbocycles. The minimum Gasteiger partial charge on any atom is -0.375 e. The molecular formula is C15H21N3OS2. The van der Waals surface area contributed by atoms with E-state index in [1.807, 2.05) is 11.8 Å². The lowest BCUT2D eigenvalue weighted by Crippen LogP contribution is -2.30. The van der Waals surface area contributed by atoms with Gasteiger partial charge in [-0.05, 0) is 45.1 Å². The standard InChI is InChI=1S/C15H21N3OS2/c1-4-18-14(13-6-5-7-20-13)16-17-15(18)21-12-8-10(2)19-11(3)9-12/h5-7,10-12H,4,8-9H2,1-3H3/t10-,11+,12?. The van der Waals surface area contributed by atoms with Gasteiger partial charge in [0.25, 0.3) is 0 Å². The predicted molar refractivity (Wildman–Crippen MR) is 87.9 cm³/mol. The molecule has 21 heavy (non-hydrogen) atoms. The molecule has 0 saturated carbocycles. The van der Waals surface area contributed by atoms with Gasteiger partial charge in [0.2, 0.25) is 0 Å². The third-order valence-electron chi connectivity index (χ3n) is 3.70. The van der Waals surface area contributed by atoms with Gasteiger partial charge in [0.15, 0.2) is 11.0 Å². The topological polar surface area (TPSA) is 39.9 Å². The Hall–Kier alpha value is -0.850. The lowest BCUT2D eigenvalue weighted by Gasteiger charge is -2.31. The summed E-state index contributed by atoms with van der Waals surface area (Å²) >= 11 is 3.57. The van der Waals surface area contributed by atoms with Gasteiger partial charge < -0.3 is 9.30 Å². The number of hydrogen-bond donors (Lipinski definition) is 0. The lowest BCUT2D eigenvalue weighted by molar-refractivity contribution is -0.0265. The van der Waals surface area contributed by atoms with Crippen LogP contribution < -0.4 is 0 Å². The molecule has 1 aliphatic heterocycles. The number of thioether (sulfide) groups is 1. The molecule has 1 unspecified atom stereocenters. The van der Waals surface area contributed by atoms with Crippen LogP contribution in [0.25, 0.3) is 10.7 Å². The van der Waals surface area contributed by atoms with Crippen molar-refractivity contribution in [1.82, 2.24) is 14.8 Å². The van der Waals surface area contributed by atoms with Crippen LogP contribution in [-0.2, 0) is 11.3 Å². The van der Waals surface area contributed by atoms with E-state index in [1.165, 1.54) is 4.88 Å². The summed E-state index contributed by atoms with van der Waals surface area (Å²) < 4.78 is 8.04. The van der Waals surface area contributed by atoms with Crippen LogP contribution in [-0.4, -0.2) is 32.2 Å². The lowest BCUT2D eigenvalue weighted by atomic mass is 10.1. The van der Waals surface area contributed by atoms with Crippen LogP contribution in [0.15, 0.2) is 22.7 Å². The Bertz CT molecular complexity index is 572. The van der Waals surface area contributed by atoms with Crippen molar-refractivity contribution in [3.05, 3.63) is 17.5 Å². The second kappa shape index (κ2) is 6.50. The van der Waals surface area contributed by atoms with E-state index in [1.54, 1.807) is 11.3 Å². The number of rotatable bonds is 4. The fraction of sp³-hybridized carbons (Fsp3) is 0.600. The molecule has 2 aromatic heterocycles. The monoisotopic (exact) mass is 323 g/mol. The van der Waals surface area contributed by atoms with E-state index in [0.29, 0.717) is 17.5 Å². The van der Waals surface area contributed by atoms with E-state index in [4.69, 9.17) is 4.74 Å². The summed E-state index contributed by atoms with van der Waals surface area (Å²) in [5.74, 6) is 0.989. The van der Waals surface area contributed by atoms with Crippen molar-refractivity contribution in [1.29, 1.82) is 0 Å². The van der Waals surface area contributed by atoms with E-state index in [0.717, 1.165) is 30.4 Å². The Labute approximate surface area is 133 Å². The zero-order chi connectivity index (χ0) is 14.8. The Kier molecular flexibility index (Phi) is 4.66. The van der Waals surface area contributed by atoms with Gasteiger partial charge in [-0.1, -0.05) is 17.8 Å². The molecule has 2 aromatic rings. The van der Waals surface area contributed by atoms with Crippen LogP contribution in [0.5, 0.6) is 0 Å². The molecule has 0 radical (unpaired) electrons. The van der Waals surface area contributed by atoms with Crippen LogP contribution in [0.4, 0.5) is 0 Å². The second-order valence-corrected chi connectivity index (χ2v) is 7.71. The van der Waals surface area contributed by atoms with Gasteiger partial charge in [0.05, 0.1) is 17.1 Å². The van der Waals surface area contributed by atoms with Crippen LogP contribution in [0.1, 0.15) is 33.6 Å². The molecule has 6 heteroatoms. The maximum absolute atomic E-state index is 5.82. The van der Waals surface area contributed by atoms with Crippen LogP contribution >= 0.6 is 23.1 Å². The summed E-state index contributed by atoms with van der Waals surface area (Å²) in [5.41, 5.74) is 0. The molecule has 0 N–H and O–H groups in total. The van der Waals surface area contributed by atoms with E-state index in [-0.39, 0.29) is 0 Å². The molecule has 114 valence electrons. The molecule has 1 aliphatic rings. The first-order valence-corrected chi connectivity index (χ1v) is 9.22. The highest BCUT2D eigenvalue weighted by Gasteiger charge is 2.27. The minimum atomic E-state index is 0.334. The largest absolute Gasteiger partial charge is 0.375 e. The quantitative estimate of drug-likeness (QED) is 0.850. The van der Waals surface area contributed by atoms with Gasteiger partial charge in [-0.2, -0.15) is 0 Å². The molecule has 0 aliphatic carbocycles. The van der Waals surface area contributed by atoms with Gasteiger partial charge in [-0.25, -0.2) is 0 Å². The Balaban J connectivity index is 1.80. The highest BCUT2D eigenvalue weighted by atomic mass is 32.2. The maximum Gasteiger partial charge on any atom is 0.191 e. The highest BCUT2D eigenvalue weighted by Crippen LogP contribution is 2.35. The van der Waals surface area contributed by atoms with Gasteiger partial charge in [0, 0.05) is 11.8 Å². The number of nitrogens with zero attached hydrogens (tertiary/aromatic N) is 3. The van der Waals surface area contributed by atoms with Crippen molar-refractivity contribution in [2.75, 3.05) is 0 Å². The summed E-state index contributed by atoms with van der Waals surface area (Å²) in [7, 11) is 0. The van der Waals surface area contributed by atoms with E-state index >= 15 is 0 Å². The molecule has 4 nitrogen and oxygen atoms in total. The number of aromatic nitrogens is 3. The van der Waals surface area contributed by atoms with E-state index in [2.05, 4.69) is 53.0 Å². The molecule has 3 atom stereocenters. The van der Waals surface area contributed by atoms with E-state index in [9.17, 15) is 0 Å². The van der Waals surface area contributed by atoms with Gasteiger partial charge in [-0.3, -0.25) is 0 Å². The molecule has 3 rings (SSSR count). The molecular weight excluding hydrogens is 302 g/mol. The summed E-state index contributed by atoms with van der Waals surface area (Å²) in [6, 6.07) is 4.16.